The molecule has 0 fully saturated rings. The maximum absolute atomic E-state index is 11.9. The molecule has 0 radical (unpaired) electrons. The fourth-order valence-corrected chi connectivity index (χ4v) is 2.30. The number of hydrogen-bond acceptors (Lipinski definition) is 3. The van der Waals surface area contributed by atoms with Crippen molar-refractivity contribution in [3.8, 4) is 28.5 Å². The maximum Gasteiger partial charge on any atom is 0.266 e. The number of nitrogens with one attached hydrogen (secondary N) is 2. The van der Waals surface area contributed by atoms with Gasteiger partial charge < -0.3 is 9.97 Å². The Balaban J connectivity index is 2.21. The lowest BCUT2D eigenvalue weighted by atomic mass is 9.98. The van der Waals surface area contributed by atoms with Gasteiger partial charge in [-0.3, -0.25) is 4.79 Å². The van der Waals surface area contributed by atoms with Crippen LogP contribution in [0.2, 0.25) is 0 Å². The number of imidazole rings is 1. The van der Waals surface area contributed by atoms with Gasteiger partial charge in [0, 0.05) is 16.8 Å². The van der Waals surface area contributed by atoms with Gasteiger partial charge in [-0.2, -0.15) is 5.26 Å². The average Bonchev–Trinajstić information content (AvgIpc) is 3.01. The van der Waals surface area contributed by atoms with Gasteiger partial charge in [-0.05, 0) is 24.6 Å². The second kappa shape index (κ2) is 5.10. The summed E-state index contributed by atoms with van der Waals surface area (Å²) in [5.41, 5.74) is 3.79. The van der Waals surface area contributed by atoms with Crippen molar-refractivity contribution < 1.29 is 0 Å². The van der Waals surface area contributed by atoms with E-state index in [-0.39, 0.29) is 11.1 Å². The van der Waals surface area contributed by atoms with Crippen LogP contribution < -0.4 is 5.56 Å². The van der Waals surface area contributed by atoms with Gasteiger partial charge in [0.1, 0.15) is 11.6 Å². The number of rotatable bonds is 2. The van der Waals surface area contributed by atoms with Crippen LogP contribution in [0.1, 0.15) is 11.3 Å². The van der Waals surface area contributed by atoms with Crippen LogP contribution in [-0.4, -0.2) is 15.0 Å². The zero-order chi connectivity index (χ0) is 14.8. The number of aryl methyl sites for hydroxylation is 1. The third kappa shape index (κ3) is 2.35. The van der Waals surface area contributed by atoms with Gasteiger partial charge in [-0.25, -0.2) is 4.98 Å². The molecule has 5 heteroatoms. The molecule has 0 aliphatic carbocycles. The molecular formula is C16H12N4O. The number of aromatic amines is 2. The number of nitriles is 1. The van der Waals surface area contributed by atoms with Gasteiger partial charge in [-0.15, -0.1) is 0 Å². The molecule has 0 aliphatic rings. The third-order valence-corrected chi connectivity index (χ3v) is 3.26. The Kier molecular flexibility index (Phi) is 3.13. The van der Waals surface area contributed by atoms with Gasteiger partial charge >= 0.3 is 0 Å². The number of H-pyrrole nitrogens is 2. The smallest absolute Gasteiger partial charge is 0.266 e. The van der Waals surface area contributed by atoms with Crippen molar-refractivity contribution in [3.63, 3.8) is 0 Å². The van der Waals surface area contributed by atoms with Gasteiger partial charge in [0.25, 0.3) is 5.56 Å². The van der Waals surface area contributed by atoms with E-state index in [1.165, 1.54) is 0 Å². The second-order valence-corrected chi connectivity index (χ2v) is 4.73. The molecule has 3 aromatic rings. The first kappa shape index (κ1) is 12.9. The van der Waals surface area contributed by atoms with Crippen LogP contribution in [0.15, 0.2) is 47.7 Å². The normalized spacial score (nSPS) is 10.3. The lowest BCUT2D eigenvalue weighted by molar-refractivity contribution is 1.13. The first-order valence-corrected chi connectivity index (χ1v) is 6.42. The van der Waals surface area contributed by atoms with E-state index in [9.17, 15) is 10.1 Å². The van der Waals surface area contributed by atoms with E-state index in [2.05, 4.69) is 15.0 Å². The van der Waals surface area contributed by atoms with Gasteiger partial charge in [-0.1, -0.05) is 18.2 Å². The average molecular weight is 276 g/mol. The van der Waals surface area contributed by atoms with Crippen molar-refractivity contribution in [1.82, 2.24) is 15.0 Å². The molecule has 0 atom stereocenters. The highest BCUT2D eigenvalue weighted by atomic mass is 16.1. The minimum absolute atomic E-state index is 0.127. The zero-order valence-corrected chi connectivity index (χ0v) is 11.3. The van der Waals surface area contributed by atoms with Crippen molar-refractivity contribution in [1.29, 1.82) is 5.26 Å². The molecule has 0 bridgehead atoms. The minimum atomic E-state index is -0.362. The van der Waals surface area contributed by atoms with Crippen molar-refractivity contribution in [2.75, 3.05) is 0 Å². The summed E-state index contributed by atoms with van der Waals surface area (Å²) >= 11 is 0. The molecule has 5 nitrogen and oxygen atoms in total. The Bertz CT molecular complexity index is 885. The van der Waals surface area contributed by atoms with Crippen LogP contribution in [0.5, 0.6) is 0 Å². The molecule has 102 valence electrons. The highest BCUT2D eigenvalue weighted by Gasteiger charge is 2.11. The number of pyridine rings is 1. The zero-order valence-electron chi connectivity index (χ0n) is 11.3. The summed E-state index contributed by atoms with van der Waals surface area (Å²) < 4.78 is 0. The molecule has 21 heavy (non-hydrogen) atoms. The summed E-state index contributed by atoms with van der Waals surface area (Å²) in [4.78, 5) is 21.6. The van der Waals surface area contributed by atoms with Crippen molar-refractivity contribution in [2.45, 2.75) is 6.92 Å². The van der Waals surface area contributed by atoms with Crippen LogP contribution in [-0.2, 0) is 0 Å². The topological polar surface area (TPSA) is 85.3 Å². The maximum atomic E-state index is 11.9. The molecule has 0 saturated heterocycles. The summed E-state index contributed by atoms with van der Waals surface area (Å²) in [5.74, 6) is 0. The molecule has 1 aromatic carbocycles. The molecule has 3 rings (SSSR count). The Morgan fingerprint density at radius 1 is 1.24 bits per heavy atom. The molecule has 0 spiro atoms. The highest BCUT2D eigenvalue weighted by molar-refractivity contribution is 5.75. The summed E-state index contributed by atoms with van der Waals surface area (Å²) in [5, 5.41) is 9.22. The van der Waals surface area contributed by atoms with Gasteiger partial charge in [0.15, 0.2) is 0 Å². The SMILES string of the molecule is Cc1cc(-c2cccc(-c3cnc[nH]3)c2)c(C#N)c(=O)[nH]1. The van der Waals surface area contributed by atoms with E-state index in [0.717, 1.165) is 22.5 Å². The standard InChI is InChI=1S/C16H12N4O/c1-10-5-13(14(7-17)16(21)20-10)11-3-2-4-12(6-11)15-8-18-9-19-15/h2-6,8-9H,1H3,(H,18,19)(H,20,21). The quantitative estimate of drug-likeness (QED) is 0.754. The highest BCUT2D eigenvalue weighted by Crippen LogP contribution is 2.26. The van der Waals surface area contributed by atoms with Crippen LogP contribution in [0, 0.1) is 18.3 Å². The lowest BCUT2D eigenvalue weighted by Crippen LogP contribution is -2.12. The lowest BCUT2D eigenvalue weighted by Gasteiger charge is -2.07. The first-order valence-electron chi connectivity index (χ1n) is 6.42. The monoisotopic (exact) mass is 276 g/mol. The number of benzene rings is 1. The Hall–Kier alpha value is -3.13. The molecule has 2 aromatic heterocycles. The van der Waals surface area contributed by atoms with Gasteiger partial charge in [0.05, 0.1) is 18.2 Å². The van der Waals surface area contributed by atoms with Crippen LogP contribution >= 0.6 is 0 Å². The molecule has 2 N–H and O–H groups in total. The van der Waals surface area contributed by atoms with Crippen LogP contribution in [0.4, 0.5) is 0 Å². The summed E-state index contributed by atoms with van der Waals surface area (Å²) in [6.07, 6.45) is 3.34. The minimum Gasteiger partial charge on any atom is -0.345 e. The number of nitrogens with zero attached hydrogens (tertiary/aromatic N) is 2. The summed E-state index contributed by atoms with van der Waals surface area (Å²) in [6, 6.07) is 11.4. The molecule has 0 unspecified atom stereocenters. The Labute approximate surface area is 120 Å². The van der Waals surface area contributed by atoms with E-state index < -0.39 is 0 Å². The fourth-order valence-electron chi connectivity index (χ4n) is 2.30. The largest absolute Gasteiger partial charge is 0.345 e. The van der Waals surface area contributed by atoms with E-state index >= 15 is 0 Å². The van der Waals surface area contributed by atoms with Crippen LogP contribution in [0.3, 0.4) is 0 Å². The molecular weight excluding hydrogens is 264 g/mol. The Morgan fingerprint density at radius 2 is 2.05 bits per heavy atom. The molecule has 0 saturated carbocycles. The van der Waals surface area contributed by atoms with Crippen molar-refractivity contribution in [3.05, 3.63) is 64.5 Å². The second-order valence-electron chi connectivity index (χ2n) is 4.73. The molecule has 0 amide bonds. The van der Waals surface area contributed by atoms with Crippen LogP contribution in [0.25, 0.3) is 22.4 Å². The molecule has 0 aliphatic heterocycles. The fraction of sp³-hybridized carbons (Fsp3) is 0.0625. The predicted octanol–water partition coefficient (Wildman–Crippen LogP) is 2.61. The summed E-state index contributed by atoms with van der Waals surface area (Å²) in [6.45, 7) is 1.80. The Morgan fingerprint density at radius 3 is 2.76 bits per heavy atom. The third-order valence-electron chi connectivity index (χ3n) is 3.26. The van der Waals surface area contributed by atoms with Crippen molar-refractivity contribution in [2.24, 2.45) is 0 Å². The van der Waals surface area contributed by atoms with E-state index in [1.807, 2.05) is 36.4 Å². The predicted molar refractivity (Wildman–Crippen MR) is 79.5 cm³/mol. The van der Waals surface area contributed by atoms with E-state index in [0.29, 0.717) is 5.56 Å². The molecule has 2 heterocycles. The first-order chi connectivity index (χ1) is 10.2. The van der Waals surface area contributed by atoms with E-state index in [4.69, 9.17) is 0 Å². The van der Waals surface area contributed by atoms with Gasteiger partial charge in [0.2, 0.25) is 0 Å². The summed E-state index contributed by atoms with van der Waals surface area (Å²) in [7, 11) is 0. The van der Waals surface area contributed by atoms with E-state index in [1.54, 1.807) is 19.4 Å². The van der Waals surface area contributed by atoms with Crippen molar-refractivity contribution >= 4 is 0 Å². The number of aromatic nitrogens is 3. The number of hydrogen-bond donors (Lipinski definition) is 2.